The van der Waals surface area contributed by atoms with Gasteiger partial charge in [0.15, 0.2) is 0 Å². The van der Waals surface area contributed by atoms with Gasteiger partial charge in [0, 0.05) is 17.7 Å². The second kappa shape index (κ2) is 6.49. The third-order valence-electron chi connectivity index (χ3n) is 2.97. The number of carbonyl (C=O) groups excluding carboxylic acids is 1. The summed E-state index contributed by atoms with van der Waals surface area (Å²) in [6, 6.07) is 8.82. The van der Waals surface area contributed by atoms with Crippen LogP contribution in [-0.4, -0.2) is 22.8 Å². The van der Waals surface area contributed by atoms with E-state index in [1.165, 1.54) is 24.3 Å². The monoisotopic (exact) mass is 335 g/mol. The van der Waals surface area contributed by atoms with Crippen molar-refractivity contribution in [2.45, 2.75) is 13.5 Å². The van der Waals surface area contributed by atoms with Crippen LogP contribution < -0.4 is 10.1 Å². The summed E-state index contributed by atoms with van der Waals surface area (Å²) in [5.74, 6) is -0.346. The molecule has 0 aliphatic carbocycles. The zero-order chi connectivity index (χ0) is 17.1. The van der Waals surface area contributed by atoms with Crippen LogP contribution in [0.25, 0.3) is 11.3 Å². The fourth-order valence-corrected chi connectivity index (χ4v) is 1.92. The minimum Gasteiger partial charge on any atom is -0.435 e. The first-order valence-corrected chi connectivity index (χ1v) is 6.78. The van der Waals surface area contributed by atoms with Crippen LogP contribution in [0.4, 0.5) is 14.7 Å². The Hall–Kier alpha value is -3.23. The molecule has 0 radical (unpaired) electrons. The highest BCUT2D eigenvalue weighted by Gasteiger charge is 2.15. The van der Waals surface area contributed by atoms with Crippen molar-refractivity contribution >= 4 is 11.8 Å². The van der Waals surface area contributed by atoms with Crippen LogP contribution in [0, 0.1) is 6.92 Å². The number of nitrogens with one attached hydrogen (secondary N) is 1. The summed E-state index contributed by atoms with van der Waals surface area (Å²) >= 11 is 0. The van der Waals surface area contributed by atoms with Gasteiger partial charge in [-0.25, -0.2) is 0 Å². The van der Waals surface area contributed by atoms with E-state index < -0.39 is 12.5 Å². The number of amides is 1. The van der Waals surface area contributed by atoms with Crippen molar-refractivity contribution in [3.63, 3.8) is 0 Å². The van der Waals surface area contributed by atoms with Crippen LogP contribution in [0.3, 0.4) is 0 Å². The number of aryl methyl sites for hydroxylation is 1. The molecule has 1 aromatic carbocycles. The fraction of sp³-hybridized carbons (Fsp3) is 0.133. The average Bonchev–Trinajstić information content (AvgIpc) is 3.17. The SMILES string of the molecule is Cc1cc(C(=O)Nc2cc(-c3ccc(OC(F)F)cc3)no2)on1. The van der Waals surface area contributed by atoms with E-state index in [2.05, 4.69) is 20.4 Å². The van der Waals surface area contributed by atoms with Crippen molar-refractivity contribution in [2.24, 2.45) is 0 Å². The van der Waals surface area contributed by atoms with E-state index in [4.69, 9.17) is 9.05 Å². The zero-order valence-corrected chi connectivity index (χ0v) is 12.3. The molecule has 0 fully saturated rings. The van der Waals surface area contributed by atoms with E-state index in [9.17, 15) is 13.6 Å². The van der Waals surface area contributed by atoms with Gasteiger partial charge in [-0.2, -0.15) is 8.78 Å². The molecule has 7 nitrogen and oxygen atoms in total. The molecule has 9 heteroatoms. The molecule has 1 amide bonds. The maximum Gasteiger partial charge on any atom is 0.387 e. The second-order valence-electron chi connectivity index (χ2n) is 4.77. The summed E-state index contributed by atoms with van der Waals surface area (Å²) in [5, 5.41) is 9.89. The number of carbonyl (C=O) groups is 1. The molecule has 0 aliphatic heterocycles. The number of hydrogen-bond donors (Lipinski definition) is 1. The summed E-state index contributed by atoms with van der Waals surface area (Å²) in [6.07, 6.45) is 0. The summed E-state index contributed by atoms with van der Waals surface area (Å²) in [4.78, 5) is 11.9. The Kier molecular flexibility index (Phi) is 4.23. The molecule has 0 unspecified atom stereocenters. The molecule has 1 N–H and O–H groups in total. The van der Waals surface area contributed by atoms with Gasteiger partial charge in [-0.15, -0.1) is 0 Å². The highest BCUT2D eigenvalue weighted by atomic mass is 19.3. The number of ether oxygens (including phenoxy) is 1. The molecule has 124 valence electrons. The Morgan fingerprint density at radius 3 is 2.54 bits per heavy atom. The first-order chi connectivity index (χ1) is 11.5. The average molecular weight is 335 g/mol. The summed E-state index contributed by atoms with van der Waals surface area (Å²) in [6.45, 7) is -1.20. The molecule has 3 aromatic rings. The van der Waals surface area contributed by atoms with Gasteiger partial charge in [0.1, 0.15) is 11.4 Å². The molecule has 0 aliphatic rings. The molecule has 0 saturated heterocycles. The predicted molar refractivity (Wildman–Crippen MR) is 77.8 cm³/mol. The molecule has 0 bridgehead atoms. The van der Waals surface area contributed by atoms with Gasteiger partial charge in [0.25, 0.3) is 5.91 Å². The molecule has 2 heterocycles. The van der Waals surface area contributed by atoms with Gasteiger partial charge in [-0.05, 0) is 31.2 Å². The lowest BCUT2D eigenvalue weighted by Crippen LogP contribution is -2.10. The zero-order valence-electron chi connectivity index (χ0n) is 12.3. The summed E-state index contributed by atoms with van der Waals surface area (Å²) in [7, 11) is 0. The van der Waals surface area contributed by atoms with Crippen LogP contribution in [-0.2, 0) is 0 Å². The molecule has 24 heavy (non-hydrogen) atoms. The summed E-state index contributed by atoms with van der Waals surface area (Å²) < 4.78 is 38.3. The third-order valence-corrected chi connectivity index (χ3v) is 2.97. The molecule has 3 rings (SSSR count). The quantitative estimate of drug-likeness (QED) is 0.767. The Bertz CT molecular complexity index is 843. The Labute approximate surface area is 134 Å². The standard InChI is InChI=1S/C15H11F2N3O4/c1-8-6-12(23-19-8)14(21)18-13-7-11(20-24-13)9-2-4-10(5-3-9)22-15(16)17/h2-7,15H,1H3,(H,18,21). The van der Waals surface area contributed by atoms with Gasteiger partial charge < -0.3 is 13.8 Å². The maximum atomic E-state index is 12.1. The number of benzene rings is 1. The van der Waals surface area contributed by atoms with Crippen molar-refractivity contribution in [3.8, 4) is 17.0 Å². The smallest absolute Gasteiger partial charge is 0.387 e. The number of nitrogens with zero attached hydrogens (tertiary/aromatic N) is 2. The van der Waals surface area contributed by atoms with Crippen molar-refractivity contribution in [1.82, 2.24) is 10.3 Å². The predicted octanol–water partition coefficient (Wildman–Crippen LogP) is 3.49. The van der Waals surface area contributed by atoms with E-state index >= 15 is 0 Å². The van der Waals surface area contributed by atoms with Gasteiger partial charge in [0.2, 0.25) is 11.6 Å². The normalized spacial score (nSPS) is 10.8. The van der Waals surface area contributed by atoms with E-state index in [0.717, 1.165) is 0 Å². The van der Waals surface area contributed by atoms with Gasteiger partial charge >= 0.3 is 6.61 Å². The maximum absolute atomic E-state index is 12.1. The van der Waals surface area contributed by atoms with Gasteiger partial charge in [-0.1, -0.05) is 10.3 Å². The number of anilines is 1. The first kappa shape index (κ1) is 15.7. The Morgan fingerprint density at radius 2 is 1.92 bits per heavy atom. The van der Waals surface area contributed by atoms with Crippen molar-refractivity contribution in [2.75, 3.05) is 5.32 Å². The van der Waals surface area contributed by atoms with Crippen LogP contribution in [0.15, 0.2) is 45.4 Å². The highest BCUT2D eigenvalue weighted by molar-refractivity contribution is 6.01. The first-order valence-electron chi connectivity index (χ1n) is 6.78. The Balaban J connectivity index is 1.70. The summed E-state index contributed by atoms with van der Waals surface area (Å²) in [5.41, 5.74) is 1.60. The largest absolute Gasteiger partial charge is 0.435 e. The number of rotatable bonds is 5. The highest BCUT2D eigenvalue weighted by Crippen LogP contribution is 2.25. The van der Waals surface area contributed by atoms with Crippen molar-refractivity contribution in [1.29, 1.82) is 0 Å². The molecular weight excluding hydrogens is 324 g/mol. The fourth-order valence-electron chi connectivity index (χ4n) is 1.92. The lowest BCUT2D eigenvalue weighted by atomic mass is 10.1. The molecule has 0 saturated carbocycles. The minimum atomic E-state index is -2.88. The second-order valence-corrected chi connectivity index (χ2v) is 4.77. The number of aromatic nitrogens is 2. The van der Waals surface area contributed by atoms with Crippen LogP contribution in [0.1, 0.15) is 16.2 Å². The van der Waals surface area contributed by atoms with E-state index in [0.29, 0.717) is 17.0 Å². The Morgan fingerprint density at radius 1 is 1.17 bits per heavy atom. The third kappa shape index (κ3) is 3.57. The van der Waals surface area contributed by atoms with E-state index in [1.807, 2.05) is 0 Å². The van der Waals surface area contributed by atoms with Gasteiger partial charge in [0.05, 0.1) is 5.69 Å². The van der Waals surface area contributed by atoms with E-state index in [-0.39, 0.29) is 17.4 Å². The van der Waals surface area contributed by atoms with Gasteiger partial charge in [-0.3, -0.25) is 10.1 Å². The lowest BCUT2D eigenvalue weighted by Gasteiger charge is -2.03. The van der Waals surface area contributed by atoms with E-state index in [1.54, 1.807) is 19.1 Å². The number of hydrogen-bond acceptors (Lipinski definition) is 6. The van der Waals surface area contributed by atoms with Crippen molar-refractivity contribution in [3.05, 3.63) is 47.9 Å². The molecule has 0 spiro atoms. The topological polar surface area (TPSA) is 90.4 Å². The molecular formula is C15H11F2N3O4. The van der Waals surface area contributed by atoms with Crippen LogP contribution in [0.5, 0.6) is 5.75 Å². The van der Waals surface area contributed by atoms with Crippen molar-refractivity contribution < 1.29 is 27.4 Å². The minimum absolute atomic E-state index is 0.0338. The number of halogens is 2. The van der Waals surface area contributed by atoms with Crippen LogP contribution >= 0.6 is 0 Å². The molecule has 0 atom stereocenters. The van der Waals surface area contributed by atoms with Crippen LogP contribution in [0.2, 0.25) is 0 Å². The molecule has 2 aromatic heterocycles. The lowest BCUT2D eigenvalue weighted by molar-refractivity contribution is -0.0498. The number of alkyl halides is 2.